The number of aliphatic hydroxyl groups excluding tert-OH is 1. The van der Waals surface area contributed by atoms with E-state index in [1.807, 2.05) is 6.92 Å². The number of carbonyl (C=O) groups is 4. The van der Waals surface area contributed by atoms with Crippen molar-refractivity contribution in [3.8, 4) is 11.5 Å². The van der Waals surface area contributed by atoms with Gasteiger partial charge >= 0.3 is 12.1 Å². The van der Waals surface area contributed by atoms with Crippen LogP contribution in [0.3, 0.4) is 0 Å². The molecule has 0 spiro atoms. The molecule has 6 rings (SSSR count). The minimum atomic E-state index is -0.997. The van der Waals surface area contributed by atoms with Gasteiger partial charge in [0.15, 0.2) is 11.5 Å². The predicted octanol–water partition coefficient (Wildman–Crippen LogP) is 5.08. The molecular weight excluding hydrogens is 829 g/mol. The van der Waals surface area contributed by atoms with Crippen LogP contribution in [0.4, 0.5) is 16.2 Å². The quantitative estimate of drug-likeness (QED) is 0.0524. The summed E-state index contributed by atoms with van der Waals surface area (Å²) in [6.45, 7) is 10.6. The highest BCUT2D eigenvalue weighted by atomic mass is 32.2. The van der Waals surface area contributed by atoms with Crippen molar-refractivity contribution in [1.82, 2.24) is 20.1 Å². The summed E-state index contributed by atoms with van der Waals surface area (Å²) in [5.41, 5.74) is 0.750. The average Bonchev–Trinajstić information content (AvgIpc) is 3.77. The van der Waals surface area contributed by atoms with E-state index in [2.05, 4.69) is 23.5 Å². The van der Waals surface area contributed by atoms with Gasteiger partial charge in [0.1, 0.15) is 37.8 Å². The second kappa shape index (κ2) is 19.7. The Kier molecular flexibility index (Phi) is 14.2. The normalized spacial score (nSPS) is 20.7. The number of rotatable bonds is 19. The Bertz CT molecular complexity index is 2270. The Balaban J connectivity index is 1.23. The van der Waals surface area contributed by atoms with Gasteiger partial charge in [-0.15, -0.1) is 11.8 Å². The fourth-order valence-electron chi connectivity index (χ4n) is 7.47. The third-order valence-corrected chi connectivity index (χ3v) is 12.0. The van der Waals surface area contributed by atoms with Crippen molar-refractivity contribution in [2.75, 3.05) is 26.3 Å². The van der Waals surface area contributed by atoms with Crippen LogP contribution < -0.4 is 14.8 Å². The van der Waals surface area contributed by atoms with Crippen molar-refractivity contribution in [2.45, 2.75) is 56.9 Å². The Morgan fingerprint density at radius 3 is 2.11 bits per heavy atom. The van der Waals surface area contributed by atoms with Crippen molar-refractivity contribution in [1.29, 1.82) is 0 Å². The third kappa shape index (κ3) is 9.87. The lowest BCUT2D eigenvalue weighted by atomic mass is 9.79. The van der Waals surface area contributed by atoms with E-state index in [-0.39, 0.29) is 73.8 Å². The molecule has 0 radical (unpaired) electrons. The van der Waals surface area contributed by atoms with Gasteiger partial charge in [-0.05, 0) is 48.7 Å². The monoisotopic (exact) mass is 872 g/mol. The van der Waals surface area contributed by atoms with E-state index in [4.69, 9.17) is 18.9 Å². The Morgan fingerprint density at radius 2 is 1.55 bits per heavy atom. The molecule has 6 atom stereocenters. The maximum Gasteiger partial charge on any atom is 0.410 e. The minimum absolute atomic E-state index is 0.00917. The number of aromatic nitrogens is 1. The highest BCUT2D eigenvalue weighted by Gasteiger charge is 2.60. The van der Waals surface area contributed by atoms with E-state index in [9.17, 15) is 44.5 Å². The Hall–Kier alpha value is -6.80. The Morgan fingerprint density at radius 1 is 0.968 bits per heavy atom. The van der Waals surface area contributed by atoms with Gasteiger partial charge in [0.05, 0.1) is 40.1 Å². The lowest BCUT2D eigenvalue weighted by molar-refractivity contribution is -0.385. The number of carbonyl (C=O) groups excluding carboxylic acids is 4. The second-order valence-corrected chi connectivity index (χ2v) is 16.0. The van der Waals surface area contributed by atoms with Crippen LogP contribution >= 0.6 is 11.8 Å². The Labute approximate surface area is 359 Å². The molecule has 326 valence electrons. The summed E-state index contributed by atoms with van der Waals surface area (Å²) < 4.78 is 22.6. The highest BCUT2D eigenvalue weighted by Crippen LogP contribution is 2.52. The first kappa shape index (κ1) is 44.7. The molecule has 1 aromatic heterocycles. The fraction of sp³-hybridized carbons (Fsp3) is 0.357. The molecule has 2 N–H and O–H groups in total. The number of thioether (sulfide) groups is 1. The predicted molar refractivity (Wildman–Crippen MR) is 223 cm³/mol. The van der Waals surface area contributed by atoms with E-state index < -0.39 is 69.0 Å². The van der Waals surface area contributed by atoms with Crippen molar-refractivity contribution in [3.05, 3.63) is 134 Å². The first-order valence-electron chi connectivity index (χ1n) is 19.5. The zero-order valence-corrected chi connectivity index (χ0v) is 34.6. The zero-order chi connectivity index (χ0) is 44.7. The van der Waals surface area contributed by atoms with Gasteiger partial charge in [0.25, 0.3) is 17.3 Å². The molecule has 2 saturated heterocycles. The first-order chi connectivity index (χ1) is 29.7. The molecule has 0 saturated carbocycles. The smallest absolute Gasteiger partial charge is 0.410 e. The molecule has 0 aliphatic carbocycles. The van der Waals surface area contributed by atoms with Gasteiger partial charge in [0.2, 0.25) is 5.91 Å². The number of nitrogens with zero attached hydrogens (tertiary/aromatic N) is 5. The number of amides is 3. The molecular formula is C42H44N6O13S. The summed E-state index contributed by atoms with van der Waals surface area (Å²) in [4.78, 5) is 83.3. The van der Waals surface area contributed by atoms with Crippen LogP contribution in [0, 0.1) is 32.1 Å². The zero-order valence-electron chi connectivity index (χ0n) is 33.7. The molecule has 2 fully saturated rings. The maximum atomic E-state index is 13.9. The van der Waals surface area contributed by atoms with Gasteiger partial charge in [-0.2, -0.15) is 0 Å². The molecule has 20 heteroatoms. The standard InChI is InChI=1S/C42H44N6O13S/c1-5-15-58-33-18-32(43-20-34(33)59-16-6-2)39(50)44-19-30-17-31(21-45(30)42(53)61-23-27-9-13-29(14-10-27)48(56)57)62-38-24(3)36-35(25(4)49)40(51)46(36)37(38)41(52)60-22-26-7-11-28(12-8-26)47(54)55/h5-14,18,20,24-25,30-31,35-36,49H,1-2,15-17,19,21-23H2,3-4H3,(H,44,50)/t24-,25?,30+,31+,35-,36-/m1/s1. The number of ether oxygens (including phenoxy) is 4. The van der Waals surface area contributed by atoms with Crippen molar-refractivity contribution >= 4 is 47.0 Å². The minimum Gasteiger partial charge on any atom is -0.486 e. The second-order valence-electron chi connectivity index (χ2n) is 14.7. The molecule has 4 heterocycles. The van der Waals surface area contributed by atoms with Gasteiger partial charge in [-0.25, -0.2) is 14.6 Å². The summed E-state index contributed by atoms with van der Waals surface area (Å²) in [6.07, 6.45) is 3.00. The molecule has 2 aromatic carbocycles. The van der Waals surface area contributed by atoms with Gasteiger partial charge in [-0.3, -0.25) is 29.8 Å². The van der Waals surface area contributed by atoms with E-state index in [1.165, 1.54) is 95.4 Å². The number of non-ortho nitro benzene ring substituents is 2. The van der Waals surface area contributed by atoms with Crippen LogP contribution in [0.1, 0.15) is 41.9 Å². The highest BCUT2D eigenvalue weighted by molar-refractivity contribution is 8.03. The number of fused-ring (bicyclic) bond motifs is 1. The summed E-state index contributed by atoms with van der Waals surface area (Å²) in [6, 6.07) is 11.3. The first-order valence-corrected chi connectivity index (χ1v) is 20.3. The largest absolute Gasteiger partial charge is 0.486 e. The average molecular weight is 873 g/mol. The number of aliphatic hydroxyl groups is 1. The van der Waals surface area contributed by atoms with Crippen molar-refractivity contribution in [2.24, 2.45) is 11.8 Å². The van der Waals surface area contributed by atoms with E-state index >= 15 is 0 Å². The molecule has 3 amide bonds. The van der Waals surface area contributed by atoms with E-state index in [1.54, 1.807) is 6.08 Å². The number of nitro groups is 2. The molecule has 3 aliphatic rings. The summed E-state index contributed by atoms with van der Waals surface area (Å²) >= 11 is 1.29. The molecule has 62 heavy (non-hydrogen) atoms. The molecule has 0 bridgehead atoms. The number of nitro benzene ring substituents is 2. The van der Waals surface area contributed by atoms with E-state index in [0.717, 1.165) is 0 Å². The molecule has 1 unspecified atom stereocenters. The maximum absolute atomic E-state index is 13.9. The lowest BCUT2D eigenvalue weighted by Crippen LogP contribution is -2.63. The summed E-state index contributed by atoms with van der Waals surface area (Å²) in [5, 5.41) is 35.2. The van der Waals surface area contributed by atoms with Crippen LogP contribution in [0.25, 0.3) is 0 Å². The topological polar surface area (TPSA) is 243 Å². The number of likely N-dealkylation sites (tertiary alicyclic amines) is 1. The third-order valence-electron chi connectivity index (χ3n) is 10.5. The summed E-state index contributed by atoms with van der Waals surface area (Å²) in [5.74, 6) is -2.45. The van der Waals surface area contributed by atoms with Crippen LogP contribution in [0.5, 0.6) is 11.5 Å². The number of hydrogen-bond acceptors (Lipinski definition) is 15. The van der Waals surface area contributed by atoms with Crippen LogP contribution in [0.15, 0.2) is 96.7 Å². The fourth-order valence-corrected chi connectivity index (χ4v) is 9.03. The van der Waals surface area contributed by atoms with Gasteiger partial charge in [0, 0.05) is 59.5 Å². The number of hydrogen-bond donors (Lipinski definition) is 2. The number of β-lactam (4-membered cyclic amide) rings is 1. The van der Waals surface area contributed by atoms with Crippen LogP contribution in [-0.2, 0) is 32.3 Å². The number of pyridine rings is 1. The van der Waals surface area contributed by atoms with Gasteiger partial charge in [-0.1, -0.05) is 32.2 Å². The molecule has 3 aromatic rings. The number of nitrogens with one attached hydrogen (secondary N) is 1. The SMILES string of the molecule is C=CCOc1cnc(C(=O)NC[C@@H]2C[C@H](SC3=C(C(=O)OCc4ccc([N+](=O)[O-])cc4)N4C(=O)[C@H](C(C)O)[C@H]4[C@H]3C)CN2C(=O)OCc2ccc([N+](=O)[O-])cc2)cc1OCC=C. The molecule has 19 nitrogen and oxygen atoms in total. The van der Waals surface area contributed by atoms with Crippen molar-refractivity contribution < 1.29 is 53.1 Å². The summed E-state index contributed by atoms with van der Waals surface area (Å²) in [7, 11) is 0. The number of esters is 1. The molecule has 3 aliphatic heterocycles. The lowest BCUT2D eigenvalue weighted by Gasteiger charge is -2.46. The van der Waals surface area contributed by atoms with Crippen LogP contribution in [0.2, 0.25) is 0 Å². The number of benzene rings is 2. The van der Waals surface area contributed by atoms with Crippen LogP contribution in [-0.4, -0.2) is 103 Å². The van der Waals surface area contributed by atoms with Gasteiger partial charge < -0.3 is 39.2 Å². The van der Waals surface area contributed by atoms with E-state index in [0.29, 0.717) is 22.5 Å². The van der Waals surface area contributed by atoms with Crippen molar-refractivity contribution in [3.63, 3.8) is 0 Å².